The number of benzene rings is 5. The number of carbonyl (C=O) groups excluding carboxylic acids is 1. The largest absolute Gasteiger partial charge is 0.493 e. The second-order valence-electron chi connectivity index (χ2n) is 14.1. The van der Waals surface area contributed by atoms with Gasteiger partial charge in [0.25, 0.3) is 5.69 Å². The van der Waals surface area contributed by atoms with Gasteiger partial charge in [-0.15, -0.1) is 0 Å². The van der Waals surface area contributed by atoms with E-state index in [-0.39, 0.29) is 29.1 Å². The van der Waals surface area contributed by atoms with Crippen LogP contribution in [0.1, 0.15) is 55.8 Å². The predicted octanol–water partition coefficient (Wildman–Crippen LogP) is 8.27. The summed E-state index contributed by atoms with van der Waals surface area (Å²) in [7, 11) is 7.56. The van der Waals surface area contributed by atoms with E-state index in [1.807, 2.05) is 24.3 Å². The summed E-state index contributed by atoms with van der Waals surface area (Å²) in [5.74, 6) is 3.05. The second-order valence-corrected chi connectivity index (χ2v) is 14.1. The van der Waals surface area contributed by atoms with Gasteiger partial charge in [0.2, 0.25) is 5.75 Å². The van der Waals surface area contributed by atoms with E-state index in [9.17, 15) is 14.9 Å². The Balaban J connectivity index is 1.25. The first-order chi connectivity index (χ1) is 26.2. The van der Waals surface area contributed by atoms with Crippen LogP contribution in [0.5, 0.6) is 40.2 Å². The van der Waals surface area contributed by atoms with Crippen LogP contribution < -0.4 is 23.7 Å². The molecule has 6 bridgehead atoms. The van der Waals surface area contributed by atoms with Crippen LogP contribution in [-0.2, 0) is 25.7 Å². The van der Waals surface area contributed by atoms with E-state index in [4.69, 9.17) is 23.7 Å². The van der Waals surface area contributed by atoms with Gasteiger partial charge in [0, 0.05) is 42.9 Å². The van der Waals surface area contributed by atoms with Gasteiger partial charge in [-0.3, -0.25) is 19.9 Å². The fraction of sp³-hybridized carbons (Fsp3) is 0.279. The zero-order valence-corrected chi connectivity index (χ0v) is 30.7. The molecule has 0 fully saturated rings. The average Bonchev–Trinajstić information content (AvgIpc) is 3.18. The quantitative estimate of drug-likeness (QED) is 0.0759. The first-order valence-electron chi connectivity index (χ1n) is 18.0. The predicted molar refractivity (Wildman–Crippen MR) is 203 cm³/mol. The minimum absolute atomic E-state index is 0.111. The number of nitrogens with zero attached hydrogens (tertiary/aromatic N) is 3. The Bertz CT molecular complexity index is 2240. The van der Waals surface area contributed by atoms with Crippen molar-refractivity contribution in [3.63, 3.8) is 0 Å². The second kappa shape index (κ2) is 14.5. The topological polar surface area (TPSA) is 113 Å². The van der Waals surface area contributed by atoms with Crippen LogP contribution in [0.2, 0.25) is 0 Å². The zero-order valence-electron chi connectivity index (χ0n) is 30.7. The van der Waals surface area contributed by atoms with Crippen LogP contribution in [0.25, 0.3) is 0 Å². The summed E-state index contributed by atoms with van der Waals surface area (Å²) in [6, 6.07) is 27.4. The zero-order chi connectivity index (χ0) is 37.5. The molecule has 5 aromatic carbocycles. The Kier molecular flexibility index (Phi) is 9.43. The molecule has 0 spiro atoms. The van der Waals surface area contributed by atoms with E-state index in [2.05, 4.69) is 60.3 Å². The summed E-state index contributed by atoms with van der Waals surface area (Å²) >= 11 is 0. The van der Waals surface area contributed by atoms with Gasteiger partial charge in [0.15, 0.2) is 23.0 Å². The van der Waals surface area contributed by atoms with Gasteiger partial charge < -0.3 is 23.7 Å². The molecule has 276 valence electrons. The highest BCUT2D eigenvalue weighted by atomic mass is 16.6. The van der Waals surface area contributed by atoms with Crippen molar-refractivity contribution >= 4 is 11.7 Å². The van der Waals surface area contributed by atoms with Crippen molar-refractivity contribution in [2.24, 2.45) is 0 Å². The lowest BCUT2D eigenvalue weighted by molar-refractivity contribution is -0.384. The maximum absolute atomic E-state index is 13.3. The number of hydrogen-bond acceptors (Lipinski definition) is 10. The molecule has 0 saturated carbocycles. The number of rotatable bonds is 5. The molecule has 4 aliphatic heterocycles. The van der Waals surface area contributed by atoms with Gasteiger partial charge in [-0.25, -0.2) is 4.79 Å². The molecule has 2 atom stereocenters. The maximum atomic E-state index is 13.3. The normalized spacial score (nSPS) is 17.9. The molecule has 0 unspecified atom stereocenters. The number of likely N-dealkylation sites (N-methyl/N-ethyl adjacent to an activating group) is 2. The molecule has 11 heteroatoms. The molecule has 54 heavy (non-hydrogen) atoms. The molecule has 4 heterocycles. The summed E-state index contributed by atoms with van der Waals surface area (Å²) in [5.41, 5.74) is 6.86. The Morgan fingerprint density at radius 3 is 2.15 bits per heavy atom. The number of esters is 1. The van der Waals surface area contributed by atoms with Crippen molar-refractivity contribution in [1.82, 2.24) is 9.80 Å². The standard InChI is InChI=1S/C43H41N3O8/c1-44-19-17-28-10-15-33-25-34(28)35(44)21-26-5-13-32(14-6-26)52-38-23-27(7-16-37(38)54-43(47)29-8-11-31(12-9-29)46(48)49)22-36-40-30(18-20-45(36)2)24-39(50-3)41(51-4)42(40)53-33/h5-16,23-25,35-36H,17-22H2,1-4H3/t35-,36+/m0/s1. The molecule has 0 radical (unpaired) electrons. The third-order valence-electron chi connectivity index (χ3n) is 10.8. The van der Waals surface area contributed by atoms with Gasteiger partial charge in [0.05, 0.1) is 24.7 Å². The number of nitro groups is 1. The molecule has 0 amide bonds. The van der Waals surface area contributed by atoms with Crippen LogP contribution in [-0.4, -0.2) is 62.1 Å². The number of carbonyl (C=O) groups is 1. The van der Waals surface area contributed by atoms with Crippen molar-refractivity contribution in [1.29, 1.82) is 0 Å². The van der Waals surface area contributed by atoms with Gasteiger partial charge >= 0.3 is 5.97 Å². The minimum Gasteiger partial charge on any atom is -0.493 e. The van der Waals surface area contributed by atoms with Gasteiger partial charge in [-0.05, 0) is 122 Å². The molecule has 0 N–H and O–H groups in total. The lowest BCUT2D eigenvalue weighted by Gasteiger charge is -2.37. The van der Waals surface area contributed by atoms with E-state index < -0.39 is 10.9 Å². The van der Waals surface area contributed by atoms with Crippen molar-refractivity contribution in [3.8, 4) is 40.2 Å². The van der Waals surface area contributed by atoms with Crippen LogP contribution >= 0.6 is 0 Å². The van der Waals surface area contributed by atoms with Crippen LogP contribution in [0.4, 0.5) is 5.69 Å². The lowest BCUT2D eigenvalue weighted by atomic mass is 9.87. The SMILES string of the molecule is COc1cc2c3c(c1OC)Oc1ccc4c(c1)[C@H](Cc1ccc(cc1)Oc1cc(ccc1OC(=O)c1ccc([N+](=O)[O-])cc1)C[C@H]3N(C)CC2)N(C)CC4. The summed E-state index contributed by atoms with van der Waals surface area (Å²) in [6.45, 7) is 1.77. The molecular weight excluding hydrogens is 686 g/mol. The van der Waals surface area contributed by atoms with Gasteiger partial charge in [0.1, 0.15) is 11.5 Å². The van der Waals surface area contributed by atoms with Crippen LogP contribution in [0, 0.1) is 10.1 Å². The monoisotopic (exact) mass is 727 g/mol. The summed E-state index contributed by atoms with van der Waals surface area (Å²) in [6.07, 6.45) is 3.12. The van der Waals surface area contributed by atoms with Gasteiger partial charge in [-0.1, -0.05) is 24.3 Å². The minimum atomic E-state index is -0.657. The molecular formula is C43H41N3O8. The van der Waals surface area contributed by atoms with Crippen molar-refractivity contribution < 1.29 is 33.4 Å². The number of non-ortho nitro benzene ring substituents is 1. The van der Waals surface area contributed by atoms with Crippen LogP contribution in [0.3, 0.4) is 0 Å². The first kappa shape index (κ1) is 35.1. The lowest BCUT2D eigenvalue weighted by Crippen LogP contribution is -2.34. The number of nitro benzene ring substituents is 1. The van der Waals surface area contributed by atoms with Crippen molar-refractivity contribution in [3.05, 3.63) is 140 Å². The van der Waals surface area contributed by atoms with Gasteiger partial charge in [-0.2, -0.15) is 0 Å². The summed E-state index contributed by atoms with van der Waals surface area (Å²) < 4.78 is 31.2. The molecule has 4 aliphatic rings. The molecule has 9 rings (SSSR count). The Morgan fingerprint density at radius 2 is 1.43 bits per heavy atom. The smallest absolute Gasteiger partial charge is 0.343 e. The molecule has 0 aliphatic carbocycles. The van der Waals surface area contributed by atoms with Crippen LogP contribution in [0.15, 0.2) is 91.0 Å². The molecule has 11 nitrogen and oxygen atoms in total. The highest BCUT2D eigenvalue weighted by molar-refractivity contribution is 5.91. The highest BCUT2D eigenvalue weighted by Gasteiger charge is 2.34. The molecule has 0 saturated heterocycles. The third kappa shape index (κ3) is 6.72. The maximum Gasteiger partial charge on any atom is 0.343 e. The van der Waals surface area contributed by atoms with Crippen molar-refractivity contribution in [2.75, 3.05) is 41.4 Å². The molecule has 5 aromatic rings. The Hall–Kier alpha value is -5.91. The van der Waals surface area contributed by atoms with E-state index >= 15 is 0 Å². The van der Waals surface area contributed by atoms with E-state index in [1.54, 1.807) is 20.3 Å². The van der Waals surface area contributed by atoms with E-state index in [0.29, 0.717) is 35.2 Å². The van der Waals surface area contributed by atoms with E-state index in [1.165, 1.54) is 35.4 Å². The first-order valence-corrected chi connectivity index (χ1v) is 18.0. The highest BCUT2D eigenvalue weighted by Crippen LogP contribution is 2.50. The summed E-state index contributed by atoms with van der Waals surface area (Å²) in [4.78, 5) is 28.7. The Morgan fingerprint density at radius 1 is 0.741 bits per heavy atom. The number of fused-ring (bicyclic) bond motifs is 2. The summed E-state index contributed by atoms with van der Waals surface area (Å²) in [5, 5.41) is 11.2. The fourth-order valence-electron chi connectivity index (χ4n) is 7.87. The number of ether oxygens (including phenoxy) is 5. The third-order valence-corrected chi connectivity index (χ3v) is 10.8. The number of methoxy groups -OCH3 is 2. The fourth-order valence-corrected chi connectivity index (χ4v) is 7.87. The van der Waals surface area contributed by atoms with Crippen molar-refractivity contribution in [2.45, 2.75) is 37.8 Å². The average molecular weight is 728 g/mol. The molecule has 0 aromatic heterocycles. The Labute approximate surface area is 313 Å². The van der Waals surface area contributed by atoms with E-state index in [0.717, 1.165) is 60.4 Å². The number of hydrogen-bond donors (Lipinski definition) is 0.